The fourth-order valence-electron chi connectivity index (χ4n) is 3.58. The van der Waals surface area contributed by atoms with E-state index in [0.29, 0.717) is 0 Å². The van der Waals surface area contributed by atoms with Crippen LogP contribution in [0, 0.1) is 11.8 Å². The van der Waals surface area contributed by atoms with Gasteiger partial charge in [0.1, 0.15) is 18.2 Å². The van der Waals surface area contributed by atoms with Crippen molar-refractivity contribution in [2.24, 2.45) is 11.8 Å². The lowest BCUT2D eigenvalue weighted by atomic mass is 9.94. The van der Waals surface area contributed by atoms with Gasteiger partial charge in [0.05, 0.1) is 11.7 Å². The van der Waals surface area contributed by atoms with Crippen LogP contribution >= 0.6 is 0 Å². The van der Waals surface area contributed by atoms with Crippen molar-refractivity contribution in [1.82, 2.24) is 10.6 Å². The van der Waals surface area contributed by atoms with Crippen LogP contribution in [-0.4, -0.2) is 41.6 Å². The van der Waals surface area contributed by atoms with Crippen LogP contribution in [0.2, 0.25) is 0 Å². The largest absolute Gasteiger partial charge is 0.445 e. The van der Waals surface area contributed by atoms with Crippen LogP contribution in [0.5, 0.6) is 0 Å². The van der Waals surface area contributed by atoms with Gasteiger partial charge in [-0.25, -0.2) is 9.59 Å². The van der Waals surface area contributed by atoms with Crippen LogP contribution in [-0.2, 0) is 20.9 Å². The topological polar surface area (TPSA) is 123 Å². The Morgan fingerprint density at radius 1 is 0.763 bits per heavy atom. The van der Waals surface area contributed by atoms with E-state index in [2.05, 4.69) is 16.0 Å². The van der Waals surface area contributed by atoms with E-state index in [1.165, 1.54) is 0 Å². The second-order valence-electron chi connectivity index (χ2n) is 10.7. The van der Waals surface area contributed by atoms with Crippen molar-refractivity contribution in [2.75, 3.05) is 5.32 Å². The zero-order valence-electron chi connectivity index (χ0n) is 23.2. The fraction of sp³-hybridized carbons (Fsp3) is 0.448. The van der Waals surface area contributed by atoms with Crippen molar-refractivity contribution in [3.63, 3.8) is 0 Å². The molecule has 0 radical (unpaired) electrons. The van der Waals surface area contributed by atoms with Gasteiger partial charge in [0.25, 0.3) is 0 Å². The van der Waals surface area contributed by atoms with Gasteiger partial charge < -0.3 is 25.4 Å². The number of nitrogens with one attached hydrogen (secondary N) is 3. The maximum absolute atomic E-state index is 13.5. The monoisotopic (exact) mass is 525 g/mol. The first-order valence-corrected chi connectivity index (χ1v) is 12.7. The number of anilines is 1. The standard InChI is InChI=1S/C29H39N3O6/c1-18(2)23(31-28(36)38-29(5,6)7)25(33)21-15-11-12-16-22(21)30-26(34)24(19(3)4)32-27(35)37-17-20-13-9-8-10-14-20/h8-16,18-19,23-24H,17H2,1-7H3,(H,30,34)(H,31,36)(H,32,35)/t23-,24-/m0/s1. The lowest BCUT2D eigenvalue weighted by molar-refractivity contribution is -0.119. The summed E-state index contributed by atoms with van der Waals surface area (Å²) in [4.78, 5) is 51.5. The number of hydrogen-bond acceptors (Lipinski definition) is 6. The summed E-state index contributed by atoms with van der Waals surface area (Å²) in [6, 6.07) is 13.9. The summed E-state index contributed by atoms with van der Waals surface area (Å²) >= 11 is 0. The van der Waals surface area contributed by atoms with Gasteiger partial charge in [-0.2, -0.15) is 0 Å². The van der Waals surface area contributed by atoms with Crippen molar-refractivity contribution in [2.45, 2.75) is 72.8 Å². The highest BCUT2D eigenvalue weighted by Crippen LogP contribution is 2.21. The van der Waals surface area contributed by atoms with Crippen LogP contribution in [0.4, 0.5) is 15.3 Å². The molecule has 0 saturated heterocycles. The van der Waals surface area contributed by atoms with E-state index in [4.69, 9.17) is 9.47 Å². The predicted molar refractivity (Wildman–Crippen MR) is 146 cm³/mol. The van der Waals surface area contributed by atoms with Gasteiger partial charge in [0.15, 0.2) is 5.78 Å². The molecule has 0 aliphatic carbocycles. The van der Waals surface area contributed by atoms with Gasteiger partial charge in [-0.05, 0) is 50.3 Å². The molecule has 0 aliphatic rings. The van der Waals surface area contributed by atoms with E-state index in [1.807, 2.05) is 30.3 Å². The molecule has 0 heterocycles. The molecular weight excluding hydrogens is 486 g/mol. The number of ether oxygens (including phenoxy) is 2. The number of para-hydroxylation sites is 1. The van der Waals surface area contributed by atoms with Crippen molar-refractivity contribution >= 4 is 29.6 Å². The Bertz CT molecular complexity index is 1110. The van der Waals surface area contributed by atoms with Gasteiger partial charge in [-0.3, -0.25) is 9.59 Å². The highest BCUT2D eigenvalue weighted by atomic mass is 16.6. The first-order valence-electron chi connectivity index (χ1n) is 12.7. The smallest absolute Gasteiger partial charge is 0.408 e. The lowest BCUT2D eigenvalue weighted by Crippen LogP contribution is -2.48. The van der Waals surface area contributed by atoms with Crippen LogP contribution in [0.3, 0.4) is 0 Å². The first kappa shape index (κ1) is 30.3. The molecule has 38 heavy (non-hydrogen) atoms. The molecule has 9 nitrogen and oxygen atoms in total. The molecule has 206 valence electrons. The number of rotatable bonds is 10. The summed E-state index contributed by atoms with van der Waals surface area (Å²) in [5.41, 5.74) is 0.594. The van der Waals surface area contributed by atoms with E-state index in [0.717, 1.165) is 5.56 Å². The maximum atomic E-state index is 13.5. The zero-order valence-corrected chi connectivity index (χ0v) is 23.2. The van der Waals surface area contributed by atoms with E-state index < -0.39 is 35.8 Å². The molecule has 0 aliphatic heterocycles. The summed E-state index contributed by atoms with van der Waals surface area (Å²) in [7, 11) is 0. The normalized spacial score (nSPS) is 12.9. The average Bonchev–Trinajstić information content (AvgIpc) is 2.83. The first-order chi connectivity index (χ1) is 17.8. The SMILES string of the molecule is CC(C)[C@H](NC(=O)OCc1ccccc1)C(=O)Nc1ccccc1C(=O)[C@@H](NC(=O)OC(C)(C)C)C(C)C. The highest BCUT2D eigenvalue weighted by Gasteiger charge is 2.31. The Kier molecular flexibility index (Phi) is 10.9. The number of amides is 3. The Morgan fingerprint density at radius 2 is 1.32 bits per heavy atom. The summed E-state index contributed by atoms with van der Waals surface area (Å²) < 4.78 is 10.6. The van der Waals surface area contributed by atoms with Crippen LogP contribution in [0.15, 0.2) is 54.6 Å². The minimum atomic E-state index is -0.915. The van der Waals surface area contributed by atoms with Gasteiger partial charge in [-0.15, -0.1) is 0 Å². The summed E-state index contributed by atoms with van der Waals surface area (Å²) in [6.45, 7) is 12.5. The number of benzene rings is 2. The quantitative estimate of drug-likeness (QED) is 0.361. The van der Waals surface area contributed by atoms with Gasteiger partial charge in [-0.1, -0.05) is 70.2 Å². The number of carbonyl (C=O) groups is 4. The lowest BCUT2D eigenvalue weighted by Gasteiger charge is -2.26. The van der Waals surface area contributed by atoms with E-state index in [-0.39, 0.29) is 35.5 Å². The average molecular weight is 526 g/mol. The fourth-order valence-corrected chi connectivity index (χ4v) is 3.58. The second-order valence-corrected chi connectivity index (χ2v) is 10.7. The van der Waals surface area contributed by atoms with Gasteiger partial charge in [0.2, 0.25) is 5.91 Å². The number of carbonyl (C=O) groups excluding carboxylic acids is 4. The number of Topliss-reactive ketones (excluding diaryl/α,β-unsaturated/α-hetero) is 1. The van der Waals surface area contributed by atoms with E-state index in [9.17, 15) is 19.2 Å². The highest BCUT2D eigenvalue weighted by molar-refractivity contribution is 6.09. The summed E-state index contributed by atoms with van der Waals surface area (Å²) in [5.74, 6) is -1.39. The number of hydrogen-bond donors (Lipinski definition) is 3. The van der Waals surface area contributed by atoms with Crippen LogP contribution in [0.25, 0.3) is 0 Å². The minimum absolute atomic E-state index is 0.0671. The molecule has 9 heteroatoms. The Balaban J connectivity index is 2.15. The molecule has 0 aromatic heterocycles. The Hall–Kier alpha value is -3.88. The van der Waals surface area contributed by atoms with Crippen LogP contribution in [0.1, 0.15) is 64.4 Å². The van der Waals surface area contributed by atoms with Crippen LogP contribution < -0.4 is 16.0 Å². The maximum Gasteiger partial charge on any atom is 0.408 e. The Labute approximate surface area is 224 Å². The molecule has 3 amide bonds. The third-order valence-corrected chi connectivity index (χ3v) is 5.51. The Morgan fingerprint density at radius 3 is 1.89 bits per heavy atom. The third-order valence-electron chi connectivity index (χ3n) is 5.51. The number of alkyl carbamates (subject to hydrolysis) is 2. The van der Waals surface area contributed by atoms with E-state index >= 15 is 0 Å². The van der Waals surface area contributed by atoms with Crippen molar-refractivity contribution in [3.05, 3.63) is 65.7 Å². The molecule has 0 saturated carbocycles. The summed E-state index contributed by atoms with van der Waals surface area (Å²) in [5, 5.41) is 8.03. The summed E-state index contributed by atoms with van der Waals surface area (Å²) in [6.07, 6.45) is -1.43. The molecule has 0 fully saturated rings. The molecule has 3 N–H and O–H groups in total. The predicted octanol–water partition coefficient (Wildman–Crippen LogP) is 5.31. The molecule has 0 unspecified atom stereocenters. The molecule has 0 bridgehead atoms. The molecule has 2 aromatic carbocycles. The second kappa shape index (κ2) is 13.6. The zero-order chi connectivity index (χ0) is 28.5. The van der Waals surface area contributed by atoms with E-state index in [1.54, 1.807) is 72.7 Å². The minimum Gasteiger partial charge on any atom is -0.445 e. The molecule has 2 rings (SSSR count). The van der Waals surface area contributed by atoms with Crippen molar-refractivity contribution in [1.29, 1.82) is 0 Å². The van der Waals surface area contributed by atoms with Crippen molar-refractivity contribution < 1.29 is 28.7 Å². The molecular formula is C29H39N3O6. The molecule has 2 atom stereocenters. The third kappa shape index (κ3) is 9.53. The van der Waals surface area contributed by atoms with Gasteiger partial charge >= 0.3 is 12.2 Å². The number of ketones is 1. The van der Waals surface area contributed by atoms with Crippen molar-refractivity contribution in [3.8, 4) is 0 Å². The van der Waals surface area contributed by atoms with Gasteiger partial charge in [0, 0.05) is 5.56 Å². The molecule has 0 spiro atoms. The molecule has 2 aromatic rings.